The molecule has 2 aromatic rings. The van der Waals surface area contributed by atoms with Crippen LogP contribution in [0.3, 0.4) is 0 Å². The number of aryl methyl sites for hydroxylation is 2. The molecule has 0 fully saturated rings. The molecule has 0 amide bonds. The van der Waals surface area contributed by atoms with Gasteiger partial charge < -0.3 is 9.52 Å². The van der Waals surface area contributed by atoms with Gasteiger partial charge in [0.15, 0.2) is 0 Å². The standard InChI is InChI=1S/C12H10FNO3/c1-6-5-8(13)3-4-9(6)11-14-7(2)10(17-11)12(15)16/h3-5H,1-2H3,(H,15,16). The molecule has 88 valence electrons. The lowest BCUT2D eigenvalue weighted by Gasteiger charge is -2.00. The summed E-state index contributed by atoms with van der Waals surface area (Å²) in [5.74, 6) is -1.52. The summed E-state index contributed by atoms with van der Waals surface area (Å²) >= 11 is 0. The Morgan fingerprint density at radius 2 is 2.12 bits per heavy atom. The van der Waals surface area contributed by atoms with Crippen LogP contribution in [0.4, 0.5) is 4.39 Å². The number of carboxylic acids is 1. The van der Waals surface area contributed by atoms with E-state index in [1.165, 1.54) is 18.2 Å². The molecule has 1 aromatic heterocycles. The van der Waals surface area contributed by atoms with Crippen molar-refractivity contribution in [3.05, 3.63) is 41.0 Å². The van der Waals surface area contributed by atoms with Crippen molar-refractivity contribution in [2.45, 2.75) is 13.8 Å². The van der Waals surface area contributed by atoms with Crippen molar-refractivity contribution in [2.24, 2.45) is 0 Å². The number of rotatable bonds is 2. The van der Waals surface area contributed by atoms with Crippen molar-refractivity contribution in [1.29, 1.82) is 0 Å². The number of carboxylic acid groups (broad SMARTS) is 1. The second-order valence-electron chi connectivity index (χ2n) is 3.70. The number of aromatic carboxylic acids is 1. The molecule has 0 spiro atoms. The second-order valence-corrected chi connectivity index (χ2v) is 3.70. The molecule has 17 heavy (non-hydrogen) atoms. The first-order valence-corrected chi connectivity index (χ1v) is 4.96. The first kappa shape index (κ1) is 11.3. The first-order chi connectivity index (χ1) is 7.99. The lowest BCUT2D eigenvalue weighted by molar-refractivity contribution is 0.0662. The molecular weight excluding hydrogens is 225 g/mol. The molecule has 0 aliphatic rings. The largest absolute Gasteiger partial charge is 0.475 e. The number of halogens is 1. The number of hydrogen-bond donors (Lipinski definition) is 1. The van der Waals surface area contributed by atoms with E-state index in [0.29, 0.717) is 16.8 Å². The van der Waals surface area contributed by atoms with Crippen molar-refractivity contribution in [1.82, 2.24) is 4.98 Å². The highest BCUT2D eigenvalue weighted by Gasteiger charge is 2.18. The Kier molecular flexibility index (Phi) is 2.67. The van der Waals surface area contributed by atoms with Gasteiger partial charge in [-0.2, -0.15) is 0 Å². The van der Waals surface area contributed by atoms with Gasteiger partial charge >= 0.3 is 5.97 Å². The molecule has 2 rings (SSSR count). The van der Waals surface area contributed by atoms with Crippen molar-refractivity contribution in [3.8, 4) is 11.5 Å². The van der Waals surface area contributed by atoms with Crippen LogP contribution in [0.5, 0.6) is 0 Å². The Hall–Kier alpha value is -2.17. The second kappa shape index (κ2) is 4.01. The van der Waals surface area contributed by atoms with Gasteiger partial charge in [0.2, 0.25) is 11.7 Å². The van der Waals surface area contributed by atoms with E-state index in [9.17, 15) is 9.18 Å². The van der Waals surface area contributed by atoms with Crippen molar-refractivity contribution >= 4 is 5.97 Å². The average Bonchev–Trinajstić information content (AvgIpc) is 2.60. The Morgan fingerprint density at radius 3 is 2.65 bits per heavy atom. The number of benzene rings is 1. The van der Waals surface area contributed by atoms with Crippen LogP contribution in [0, 0.1) is 19.7 Å². The van der Waals surface area contributed by atoms with E-state index in [1.807, 2.05) is 0 Å². The Balaban J connectivity index is 2.53. The SMILES string of the molecule is Cc1cc(F)ccc1-c1nc(C)c(C(=O)O)o1. The summed E-state index contributed by atoms with van der Waals surface area (Å²) in [6, 6.07) is 4.14. The maximum Gasteiger partial charge on any atom is 0.373 e. The van der Waals surface area contributed by atoms with E-state index in [0.717, 1.165) is 0 Å². The minimum Gasteiger partial charge on any atom is -0.475 e. The molecule has 4 nitrogen and oxygen atoms in total. The fraction of sp³-hybridized carbons (Fsp3) is 0.167. The van der Waals surface area contributed by atoms with E-state index < -0.39 is 5.97 Å². The summed E-state index contributed by atoms with van der Waals surface area (Å²) in [4.78, 5) is 14.8. The molecule has 0 radical (unpaired) electrons. The highest BCUT2D eigenvalue weighted by atomic mass is 19.1. The summed E-state index contributed by atoms with van der Waals surface area (Å²) in [6.07, 6.45) is 0. The zero-order valence-corrected chi connectivity index (χ0v) is 9.32. The van der Waals surface area contributed by atoms with Gasteiger partial charge in [-0.05, 0) is 37.6 Å². The third-order valence-electron chi connectivity index (χ3n) is 2.41. The van der Waals surface area contributed by atoms with Crippen molar-refractivity contribution < 1.29 is 18.7 Å². The average molecular weight is 235 g/mol. The van der Waals surface area contributed by atoms with Crippen LogP contribution in [0.2, 0.25) is 0 Å². The quantitative estimate of drug-likeness (QED) is 0.869. The molecule has 1 aromatic carbocycles. The van der Waals surface area contributed by atoms with Gasteiger partial charge in [0.1, 0.15) is 5.82 Å². The summed E-state index contributed by atoms with van der Waals surface area (Å²) in [7, 11) is 0. The van der Waals surface area contributed by atoms with Crippen molar-refractivity contribution in [2.75, 3.05) is 0 Å². The summed E-state index contributed by atoms with van der Waals surface area (Å²) in [5.41, 5.74) is 1.53. The molecular formula is C12H10FNO3. The van der Waals surface area contributed by atoms with E-state index in [4.69, 9.17) is 9.52 Å². The van der Waals surface area contributed by atoms with Crippen LogP contribution in [-0.4, -0.2) is 16.1 Å². The molecule has 0 aliphatic heterocycles. The number of hydrogen-bond acceptors (Lipinski definition) is 3. The van der Waals surface area contributed by atoms with Gasteiger partial charge in [-0.3, -0.25) is 0 Å². The minimum absolute atomic E-state index is 0.191. The highest BCUT2D eigenvalue weighted by molar-refractivity contribution is 5.86. The van der Waals surface area contributed by atoms with Gasteiger partial charge in [0.25, 0.3) is 0 Å². The number of carbonyl (C=O) groups is 1. The van der Waals surface area contributed by atoms with Crippen LogP contribution < -0.4 is 0 Å². The van der Waals surface area contributed by atoms with Crippen LogP contribution >= 0.6 is 0 Å². The molecule has 0 unspecified atom stereocenters. The number of oxazole rings is 1. The third-order valence-corrected chi connectivity index (χ3v) is 2.41. The maximum absolute atomic E-state index is 12.9. The normalized spacial score (nSPS) is 10.5. The van der Waals surface area contributed by atoms with E-state index in [-0.39, 0.29) is 17.5 Å². The van der Waals surface area contributed by atoms with E-state index in [1.54, 1.807) is 13.8 Å². The molecule has 0 saturated carbocycles. The van der Waals surface area contributed by atoms with Gasteiger partial charge in [0.05, 0.1) is 5.69 Å². The van der Waals surface area contributed by atoms with Crippen LogP contribution in [-0.2, 0) is 0 Å². The summed E-state index contributed by atoms with van der Waals surface area (Å²) in [5, 5.41) is 8.85. The monoisotopic (exact) mass is 235 g/mol. The fourth-order valence-electron chi connectivity index (χ4n) is 1.58. The highest BCUT2D eigenvalue weighted by Crippen LogP contribution is 2.25. The molecule has 1 N–H and O–H groups in total. The van der Waals surface area contributed by atoms with Crippen molar-refractivity contribution in [3.63, 3.8) is 0 Å². The summed E-state index contributed by atoms with van der Waals surface area (Å²) < 4.78 is 18.1. The summed E-state index contributed by atoms with van der Waals surface area (Å²) in [6.45, 7) is 3.26. The predicted octanol–water partition coefficient (Wildman–Crippen LogP) is 2.80. The van der Waals surface area contributed by atoms with E-state index in [2.05, 4.69) is 4.98 Å². The van der Waals surface area contributed by atoms with Gasteiger partial charge in [-0.15, -0.1) is 0 Å². The molecule has 0 saturated heterocycles. The lowest BCUT2D eigenvalue weighted by atomic mass is 10.1. The van der Waals surface area contributed by atoms with E-state index >= 15 is 0 Å². The molecule has 1 heterocycles. The lowest BCUT2D eigenvalue weighted by Crippen LogP contribution is -1.95. The molecule has 0 bridgehead atoms. The van der Waals surface area contributed by atoms with Crippen LogP contribution in [0.25, 0.3) is 11.5 Å². The maximum atomic E-state index is 12.9. The van der Waals surface area contributed by atoms with Gasteiger partial charge in [0, 0.05) is 5.56 Å². The molecule has 0 atom stereocenters. The third kappa shape index (κ3) is 2.04. The Bertz CT molecular complexity index is 589. The Morgan fingerprint density at radius 1 is 1.41 bits per heavy atom. The smallest absolute Gasteiger partial charge is 0.373 e. The zero-order chi connectivity index (χ0) is 12.6. The fourth-order valence-corrected chi connectivity index (χ4v) is 1.58. The van der Waals surface area contributed by atoms with Gasteiger partial charge in [-0.25, -0.2) is 14.2 Å². The minimum atomic E-state index is -1.17. The number of aromatic nitrogens is 1. The van der Waals surface area contributed by atoms with Crippen LogP contribution in [0.15, 0.2) is 22.6 Å². The topological polar surface area (TPSA) is 63.3 Å². The first-order valence-electron chi connectivity index (χ1n) is 4.96. The Labute approximate surface area is 96.7 Å². The molecule has 5 heteroatoms. The predicted molar refractivity (Wildman–Crippen MR) is 58.3 cm³/mol. The van der Waals surface area contributed by atoms with Crippen LogP contribution in [0.1, 0.15) is 21.8 Å². The van der Waals surface area contributed by atoms with Gasteiger partial charge in [-0.1, -0.05) is 0 Å². The number of nitrogens with zero attached hydrogens (tertiary/aromatic N) is 1. The zero-order valence-electron chi connectivity index (χ0n) is 9.32. The molecule has 0 aliphatic carbocycles.